The Balaban J connectivity index is 1.32. The zero-order valence-electron chi connectivity index (χ0n) is 17.3. The third-order valence-corrected chi connectivity index (χ3v) is 6.11. The van der Waals surface area contributed by atoms with E-state index in [0.29, 0.717) is 13.1 Å². The minimum Gasteiger partial charge on any atom is -0.342 e. The highest BCUT2D eigenvalue weighted by Gasteiger charge is 2.22. The van der Waals surface area contributed by atoms with E-state index in [0.717, 1.165) is 69.0 Å². The van der Waals surface area contributed by atoms with Gasteiger partial charge in [0, 0.05) is 58.1 Å². The number of carbonyl (C=O) groups excluding carboxylic acids is 1. The number of hydrogen-bond acceptors (Lipinski definition) is 5. The molecule has 2 saturated heterocycles. The van der Waals surface area contributed by atoms with Gasteiger partial charge in [-0.25, -0.2) is 4.98 Å². The summed E-state index contributed by atoms with van der Waals surface area (Å²) in [6, 6.07) is 5.49. The Morgan fingerprint density at radius 1 is 1.00 bits per heavy atom. The molecule has 0 bridgehead atoms. The first-order valence-corrected chi connectivity index (χ1v) is 10.8. The van der Waals surface area contributed by atoms with Gasteiger partial charge in [-0.05, 0) is 31.4 Å². The van der Waals surface area contributed by atoms with Gasteiger partial charge in [0.2, 0.25) is 5.91 Å². The van der Waals surface area contributed by atoms with Crippen molar-refractivity contribution in [1.82, 2.24) is 24.1 Å². The second-order valence-electron chi connectivity index (χ2n) is 8.32. The number of carbonyl (C=O) groups is 1. The Labute approximate surface area is 171 Å². The first-order valence-electron chi connectivity index (χ1n) is 10.8. The highest BCUT2D eigenvalue weighted by Crippen LogP contribution is 2.12. The lowest BCUT2D eigenvalue weighted by Gasteiger charge is -2.35. The molecule has 7 nitrogen and oxygen atoms in total. The molecule has 2 fully saturated rings. The van der Waals surface area contributed by atoms with Crippen LogP contribution in [0.3, 0.4) is 0 Å². The fraction of sp³-hybridized carbons (Fsp3) is 0.591. The first kappa shape index (κ1) is 20.0. The lowest BCUT2D eigenvalue weighted by Crippen LogP contribution is -2.50. The van der Waals surface area contributed by atoms with Crippen molar-refractivity contribution in [3.05, 3.63) is 46.0 Å². The third kappa shape index (κ3) is 4.85. The lowest BCUT2D eigenvalue weighted by atomic mass is 10.2. The van der Waals surface area contributed by atoms with Gasteiger partial charge in [-0.1, -0.05) is 18.9 Å². The van der Waals surface area contributed by atoms with E-state index in [2.05, 4.69) is 9.80 Å². The molecule has 0 spiro atoms. The van der Waals surface area contributed by atoms with Crippen molar-refractivity contribution in [1.29, 1.82) is 0 Å². The van der Waals surface area contributed by atoms with Gasteiger partial charge in [-0.3, -0.25) is 23.8 Å². The van der Waals surface area contributed by atoms with E-state index >= 15 is 0 Å². The van der Waals surface area contributed by atoms with E-state index in [1.165, 1.54) is 12.8 Å². The molecule has 2 aliphatic heterocycles. The molecule has 0 saturated carbocycles. The van der Waals surface area contributed by atoms with Gasteiger partial charge in [0.1, 0.15) is 5.65 Å². The van der Waals surface area contributed by atoms with Gasteiger partial charge in [0.15, 0.2) is 0 Å². The number of fused-ring (bicyclic) bond motifs is 1. The first-order chi connectivity index (χ1) is 14.1. The van der Waals surface area contributed by atoms with E-state index in [1.807, 2.05) is 24.0 Å². The topological polar surface area (TPSA) is 61.2 Å². The highest BCUT2D eigenvalue weighted by atomic mass is 16.2. The monoisotopic (exact) mass is 397 g/mol. The van der Waals surface area contributed by atoms with E-state index in [9.17, 15) is 9.59 Å². The van der Waals surface area contributed by atoms with Crippen LogP contribution in [0.5, 0.6) is 0 Å². The number of likely N-dealkylation sites (tertiary alicyclic amines) is 1. The second-order valence-corrected chi connectivity index (χ2v) is 8.32. The molecule has 0 unspecified atom stereocenters. The Bertz CT molecular complexity index is 909. The van der Waals surface area contributed by atoms with Crippen molar-refractivity contribution in [3.8, 4) is 0 Å². The molecule has 156 valence electrons. The Morgan fingerprint density at radius 2 is 1.69 bits per heavy atom. The van der Waals surface area contributed by atoms with Gasteiger partial charge in [0.05, 0.1) is 12.2 Å². The zero-order chi connectivity index (χ0) is 20.2. The quantitative estimate of drug-likeness (QED) is 0.783. The Hall–Kier alpha value is -2.25. The number of aryl methyl sites for hydroxylation is 1. The van der Waals surface area contributed by atoms with E-state index in [4.69, 9.17) is 4.98 Å². The van der Waals surface area contributed by atoms with Crippen LogP contribution in [-0.2, 0) is 11.3 Å². The molecule has 0 N–H and O–H groups in total. The lowest BCUT2D eigenvalue weighted by molar-refractivity contribution is -0.132. The van der Waals surface area contributed by atoms with Gasteiger partial charge in [0.25, 0.3) is 5.56 Å². The number of piperazine rings is 1. The van der Waals surface area contributed by atoms with Crippen LogP contribution < -0.4 is 5.56 Å². The maximum atomic E-state index is 12.6. The van der Waals surface area contributed by atoms with Crippen LogP contribution in [0.15, 0.2) is 29.2 Å². The minimum atomic E-state index is -0.0321. The molecule has 0 radical (unpaired) electrons. The van der Waals surface area contributed by atoms with E-state index < -0.39 is 0 Å². The molecule has 2 aromatic heterocycles. The summed E-state index contributed by atoms with van der Waals surface area (Å²) in [5, 5.41) is 0. The van der Waals surface area contributed by atoms with Crippen molar-refractivity contribution in [2.45, 2.75) is 39.2 Å². The number of pyridine rings is 1. The maximum absolute atomic E-state index is 12.6. The summed E-state index contributed by atoms with van der Waals surface area (Å²) in [6.45, 7) is 8.56. The summed E-state index contributed by atoms with van der Waals surface area (Å²) in [7, 11) is 0. The summed E-state index contributed by atoms with van der Waals surface area (Å²) in [6.07, 6.45) is 6.53. The molecule has 4 heterocycles. The van der Waals surface area contributed by atoms with Gasteiger partial charge in [-0.2, -0.15) is 0 Å². The second kappa shape index (κ2) is 9.05. The Morgan fingerprint density at radius 3 is 2.41 bits per heavy atom. The molecular weight excluding hydrogens is 366 g/mol. The minimum absolute atomic E-state index is 0.0321. The standard InChI is InChI=1S/C22H31N5O2/c1-18-7-6-10-27-20(28)15-19(23-22(18)27)16-24-11-13-25(14-12-24)17-21(29)26-8-4-2-3-5-9-26/h6-7,10,15H,2-5,8-9,11-14,16-17H2,1H3. The summed E-state index contributed by atoms with van der Waals surface area (Å²) >= 11 is 0. The fourth-order valence-corrected chi connectivity index (χ4v) is 4.34. The van der Waals surface area contributed by atoms with Crippen molar-refractivity contribution in [2.24, 2.45) is 0 Å². The van der Waals surface area contributed by atoms with Crippen LogP contribution in [0.1, 0.15) is 36.9 Å². The third-order valence-electron chi connectivity index (χ3n) is 6.11. The van der Waals surface area contributed by atoms with Crippen LogP contribution in [0.4, 0.5) is 0 Å². The fourth-order valence-electron chi connectivity index (χ4n) is 4.34. The highest BCUT2D eigenvalue weighted by molar-refractivity contribution is 5.78. The summed E-state index contributed by atoms with van der Waals surface area (Å²) in [5.74, 6) is 0.278. The van der Waals surface area contributed by atoms with Crippen LogP contribution >= 0.6 is 0 Å². The number of hydrogen-bond donors (Lipinski definition) is 0. The van der Waals surface area contributed by atoms with Crippen molar-refractivity contribution < 1.29 is 4.79 Å². The molecule has 4 rings (SSSR count). The SMILES string of the molecule is Cc1cccn2c(=O)cc(CN3CCN(CC(=O)N4CCCCCC4)CC3)nc12. The summed E-state index contributed by atoms with van der Waals surface area (Å²) in [4.78, 5) is 36.4. The van der Waals surface area contributed by atoms with Crippen LogP contribution in [0.2, 0.25) is 0 Å². The predicted molar refractivity (Wildman–Crippen MR) is 113 cm³/mol. The van der Waals surface area contributed by atoms with Gasteiger partial charge in [-0.15, -0.1) is 0 Å². The molecule has 29 heavy (non-hydrogen) atoms. The zero-order valence-corrected chi connectivity index (χ0v) is 17.3. The number of aromatic nitrogens is 2. The van der Waals surface area contributed by atoms with Crippen LogP contribution in [-0.4, -0.2) is 75.8 Å². The van der Waals surface area contributed by atoms with Crippen molar-refractivity contribution >= 4 is 11.6 Å². The normalized spacial score (nSPS) is 19.4. The molecule has 2 aliphatic rings. The van der Waals surface area contributed by atoms with Crippen molar-refractivity contribution in [3.63, 3.8) is 0 Å². The number of rotatable bonds is 4. The van der Waals surface area contributed by atoms with Crippen molar-refractivity contribution in [2.75, 3.05) is 45.8 Å². The average molecular weight is 398 g/mol. The molecule has 1 amide bonds. The van der Waals surface area contributed by atoms with Crippen LogP contribution in [0, 0.1) is 6.92 Å². The molecule has 0 aromatic carbocycles. The van der Waals surface area contributed by atoms with Crippen LogP contribution in [0.25, 0.3) is 5.65 Å². The summed E-state index contributed by atoms with van der Waals surface area (Å²) < 4.78 is 1.60. The number of nitrogens with zero attached hydrogens (tertiary/aromatic N) is 5. The van der Waals surface area contributed by atoms with Gasteiger partial charge < -0.3 is 4.90 Å². The Kier molecular flexibility index (Phi) is 6.25. The maximum Gasteiger partial charge on any atom is 0.258 e. The average Bonchev–Trinajstić information content (AvgIpc) is 3.00. The van der Waals surface area contributed by atoms with E-state index in [1.54, 1.807) is 16.7 Å². The molecule has 2 aromatic rings. The smallest absolute Gasteiger partial charge is 0.258 e. The van der Waals surface area contributed by atoms with Gasteiger partial charge >= 0.3 is 0 Å². The predicted octanol–water partition coefficient (Wildman–Crippen LogP) is 1.52. The van der Waals surface area contributed by atoms with E-state index in [-0.39, 0.29) is 11.5 Å². The molecule has 7 heteroatoms. The summed E-state index contributed by atoms with van der Waals surface area (Å²) in [5.41, 5.74) is 2.52. The molecular formula is C22H31N5O2. The molecule has 0 atom stereocenters. The molecule has 0 aliphatic carbocycles. The largest absolute Gasteiger partial charge is 0.342 e. The number of amides is 1.